The van der Waals surface area contributed by atoms with Crippen molar-refractivity contribution in [2.75, 3.05) is 25.5 Å². The van der Waals surface area contributed by atoms with Crippen LogP contribution in [0.5, 0.6) is 5.75 Å². The largest absolute Gasteiger partial charge is 0.497 e. The Morgan fingerprint density at radius 1 is 1.37 bits per heavy atom. The molecule has 1 aromatic heterocycles. The monoisotopic (exact) mass is 412 g/mol. The fourth-order valence-electron chi connectivity index (χ4n) is 3.11. The molecule has 27 heavy (non-hydrogen) atoms. The Hall–Kier alpha value is -2.02. The molecule has 3 rings (SSSR count). The van der Waals surface area contributed by atoms with E-state index in [1.807, 2.05) is 0 Å². The summed E-state index contributed by atoms with van der Waals surface area (Å²) in [5.74, 6) is 0.768. The Bertz CT molecular complexity index is 876. The Morgan fingerprint density at radius 3 is 2.78 bits per heavy atom. The predicted molar refractivity (Wildman–Crippen MR) is 108 cm³/mol. The molecule has 0 aliphatic carbocycles. The minimum atomic E-state index is -0.637. The first-order chi connectivity index (χ1) is 12.5. The number of benzene rings is 1. The minimum absolute atomic E-state index is 0. The van der Waals surface area contributed by atoms with E-state index in [0.29, 0.717) is 27.8 Å². The molecule has 2 aromatic rings. The molecule has 0 bridgehead atoms. The van der Waals surface area contributed by atoms with Gasteiger partial charge in [-0.3, -0.25) is 4.79 Å². The van der Waals surface area contributed by atoms with Crippen LogP contribution in [0.4, 0.5) is 5.69 Å². The summed E-state index contributed by atoms with van der Waals surface area (Å²) in [4.78, 5) is 25.0. The van der Waals surface area contributed by atoms with Crippen molar-refractivity contribution >= 4 is 35.6 Å². The molecule has 1 aliphatic rings. The van der Waals surface area contributed by atoms with Crippen LogP contribution in [0.1, 0.15) is 40.4 Å². The van der Waals surface area contributed by atoms with Crippen molar-refractivity contribution in [2.24, 2.45) is 0 Å². The molecule has 2 heterocycles. The van der Waals surface area contributed by atoms with Gasteiger partial charge in [-0.05, 0) is 50.1 Å². The summed E-state index contributed by atoms with van der Waals surface area (Å²) in [5.41, 5.74) is 0.298. The number of rotatable bonds is 4. The minimum Gasteiger partial charge on any atom is -0.497 e. The standard InChI is InChI=1S/C19H21ClN2O4.ClH/c1-11-8-16(12-4-3-7-21-10-12)26-19(24)17(11)18(23)22-15-9-13(25-2)5-6-14(15)20;/h5-6,8-9,12,21H,3-4,7,10H2,1-2H3,(H,22,23);1H. The molecule has 0 spiro atoms. The number of hydrogen-bond donors (Lipinski definition) is 2. The Balaban J connectivity index is 0.00000261. The van der Waals surface area contributed by atoms with Crippen LogP contribution in [0.2, 0.25) is 5.02 Å². The van der Waals surface area contributed by atoms with Gasteiger partial charge in [0.1, 0.15) is 17.1 Å². The van der Waals surface area contributed by atoms with E-state index in [1.165, 1.54) is 7.11 Å². The van der Waals surface area contributed by atoms with Crippen LogP contribution in [0.25, 0.3) is 0 Å². The first-order valence-corrected chi connectivity index (χ1v) is 8.87. The number of ether oxygens (including phenoxy) is 1. The fourth-order valence-corrected chi connectivity index (χ4v) is 3.28. The van der Waals surface area contributed by atoms with Crippen LogP contribution in [0, 0.1) is 6.92 Å². The topological polar surface area (TPSA) is 80.6 Å². The van der Waals surface area contributed by atoms with Crippen LogP contribution < -0.4 is 21.0 Å². The molecule has 1 saturated heterocycles. The van der Waals surface area contributed by atoms with Gasteiger partial charge in [0, 0.05) is 18.5 Å². The maximum absolute atomic E-state index is 12.6. The molecule has 8 heteroatoms. The SMILES string of the molecule is COc1ccc(Cl)c(NC(=O)c2c(C)cc(C3CCCNC3)oc2=O)c1.Cl. The quantitative estimate of drug-likeness (QED) is 0.798. The summed E-state index contributed by atoms with van der Waals surface area (Å²) in [6, 6.07) is 6.68. The van der Waals surface area contributed by atoms with E-state index in [1.54, 1.807) is 31.2 Å². The average Bonchev–Trinajstić information content (AvgIpc) is 2.63. The van der Waals surface area contributed by atoms with Crippen LogP contribution >= 0.6 is 24.0 Å². The molecule has 6 nitrogen and oxygen atoms in total. The van der Waals surface area contributed by atoms with E-state index >= 15 is 0 Å². The first kappa shape index (κ1) is 21.3. The summed E-state index contributed by atoms with van der Waals surface area (Å²) < 4.78 is 10.6. The van der Waals surface area contributed by atoms with Gasteiger partial charge >= 0.3 is 5.63 Å². The second kappa shape index (κ2) is 9.26. The number of anilines is 1. The van der Waals surface area contributed by atoms with E-state index in [4.69, 9.17) is 20.8 Å². The number of amides is 1. The van der Waals surface area contributed by atoms with Gasteiger partial charge in [-0.15, -0.1) is 12.4 Å². The summed E-state index contributed by atoms with van der Waals surface area (Å²) >= 11 is 6.11. The number of halogens is 2. The summed E-state index contributed by atoms with van der Waals surface area (Å²) in [7, 11) is 1.52. The fraction of sp³-hybridized carbons (Fsp3) is 0.368. The van der Waals surface area contributed by atoms with Crippen molar-refractivity contribution in [3.63, 3.8) is 0 Å². The van der Waals surface area contributed by atoms with Crippen LogP contribution in [-0.2, 0) is 0 Å². The van der Waals surface area contributed by atoms with Gasteiger partial charge in [0.25, 0.3) is 5.91 Å². The van der Waals surface area contributed by atoms with E-state index in [9.17, 15) is 9.59 Å². The predicted octanol–water partition coefficient (Wildman–Crippen LogP) is 3.75. The van der Waals surface area contributed by atoms with Crippen molar-refractivity contribution < 1.29 is 13.9 Å². The normalized spacial score (nSPS) is 16.3. The third kappa shape index (κ3) is 4.83. The van der Waals surface area contributed by atoms with Gasteiger partial charge in [-0.25, -0.2) is 4.79 Å². The zero-order valence-corrected chi connectivity index (χ0v) is 16.7. The second-order valence-corrected chi connectivity index (χ2v) is 6.74. The number of carbonyl (C=O) groups is 1. The van der Waals surface area contributed by atoms with E-state index in [0.717, 1.165) is 25.9 Å². The summed E-state index contributed by atoms with van der Waals surface area (Å²) in [6.45, 7) is 3.48. The van der Waals surface area contributed by atoms with Gasteiger partial charge in [-0.1, -0.05) is 11.6 Å². The number of hydrogen-bond acceptors (Lipinski definition) is 5. The Labute approximate surface area is 168 Å². The van der Waals surface area contributed by atoms with E-state index < -0.39 is 11.5 Å². The highest BCUT2D eigenvalue weighted by atomic mass is 35.5. The third-order valence-electron chi connectivity index (χ3n) is 4.52. The molecule has 1 fully saturated rings. The van der Waals surface area contributed by atoms with Gasteiger partial charge < -0.3 is 19.8 Å². The molecule has 1 atom stereocenters. The summed E-state index contributed by atoms with van der Waals surface area (Å²) in [5, 5.41) is 6.30. The van der Waals surface area contributed by atoms with Crippen molar-refractivity contribution in [3.05, 3.63) is 56.6 Å². The van der Waals surface area contributed by atoms with Gasteiger partial charge in [0.2, 0.25) is 0 Å². The molecule has 2 N–H and O–H groups in total. The number of nitrogens with one attached hydrogen (secondary N) is 2. The Kier molecular flexibility index (Phi) is 7.30. The maximum atomic E-state index is 12.6. The van der Waals surface area contributed by atoms with E-state index in [-0.39, 0.29) is 23.9 Å². The molecule has 0 radical (unpaired) electrons. The zero-order valence-electron chi connectivity index (χ0n) is 15.1. The number of methoxy groups -OCH3 is 1. The van der Waals surface area contributed by atoms with Crippen LogP contribution in [-0.4, -0.2) is 26.1 Å². The van der Waals surface area contributed by atoms with Crippen molar-refractivity contribution in [2.45, 2.75) is 25.7 Å². The maximum Gasteiger partial charge on any atom is 0.349 e. The molecule has 1 amide bonds. The lowest BCUT2D eigenvalue weighted by molar-refractivity contribution is 0.102. The highest BCUT2D eigenvalue weighted by Crippen LogP contribution is 2.28. The smallest absolute Gasteiger partial charge is 0.349 e. The first-order valence-electron chi connectivity index (χ1n) is 8.50. The lowest BCUT2D eigenvalue weighted by Crippen LogP contribution is -2.30. The highest BCUT2D eigenvalue weighted by molar-refractivity contribution is 6.34. The number of carbonyl (C=O) groups excluding carboxylic acids is 1. The van der Waals surface area contributed by atoms with Gasteiger partial charge in [-0.2, -0.15) is 0 Å². The summed E-state index contributed by atoms with van der Waals surface area (Å²) in [6.07, 6.45) is 1.99. The lowest BCUT2D eigenvalue weighted by atomic mass is 9.95. The Morgan fingerprint density at radius 2 is 2.15 bits per heavy atom. The molecule has 1 unspecified atom stereocenters. The van der Waals surface area contributed by atoms with Crippen molar-refractivity contribution in [3.8, 4) is 5.75 Å². The molecule has 0 saturated carbocycles. The number of piperidine rings is 1. The molecular formula is C19H22Cl2N2O4. The lowest BCUT2D eigenvalue weighted by Gasteiger charge is -2.22. The van der Waals surface area contributed by atoms with Crippen LogP contribution in [0.3, 0.4) is 0 Å². The molecule has 1 aromatic carbocycles. The van der Waals surface area contributed by atoms with Gasteiger partial charge in [0.15, 0.2) is 0 Å². The van der Waals surface area contributed by atoms with Crippen molar-refractivity contribution in [1.82, 2.24) is 5.32 Å². The van der Waals surface area contributed by atoms with Crippen molar-refractivity contribution in [1.29, 1.82) is 0 Å². The average molecular weight is 413 g/mol. The third-order valence-corrected chi connectivity index (χ3v) is 4.85. The van der Waals surface area contributed by atoms with E-state index in [2.05, 4.69) is 10.6 Å². The number of aryl methyl sites for hydroxylation is 1. The highest BCUT2D eigenvalue weighted by Gasteiger charge is 2.23. The molecular weight excluding hydrogens is 391 g/mol. The van der Waals surface area contributed by atoms with Gasteiger partial charge in [0.05, 0.1) is 17.8 Å². The van der Waals surface area contributed by atoms with Crippen LogP contribution in [0.15, 0.2) is 33.5 Å². The second-order valence-electron chi connectivity index (χ2n) is 6.34. The molecule has 146 valence electrons. The molecule has 1 aliphatic heterocycles. The zero-order chi connectivity index (χ0) is 18.7.